The fourth-order valence-electron chi connectivity index (χ4n) is 2.33. The van der Waals surface area contributed by atoms with Crippen LogP contribution in [0.4, 0.5) is 0 Å². The molecule has 0 aliphatic heterocycles. The van der Waals surface area contributed by atoms with E-state index in [0.717, 1.165) is 31.0 Å². The first-order valence-corrected chi connectivity index (χ1v) is 6.89. The molecule has 0 aliphatic rings. The van der Waals surface area contributed by atoms with Crippen LogP contribution in [-0.2, 0) is 17.8 Å². The SMILES string of the molecule is CCCC(CCC)c1nnc(CN)n1CCOC. The van der Waals surface area contributed by atoms with Crippen LogP contribution in [-0.4, -0.2) is 28.5 Å². The molecule has 1 aromatic heterocycles. The van der Waals surface area contributed by atoms with Gasteiger partial charge in [-0.15, -0.1) is 10.2 Å². The third-order valence-electron chi connectivity index (χ3n) is 3.20. The topological polar surface area (TPSA) is 66.0 Å². The van der Waals surface area contributed by atoms with Gasteiger partial charge in [-0.25, -0.2) is 0 Å². The maximum absolute atomic E-state index is 5.72. The molecule has 0 spiro atoms. The molecule has 0 amide bonds. The Morgan fingerprint density at radius 2 is 1.89 bits per heavy atom. The van der Waals surface area contributed by atoms with Gasteiger partial charge in [0.05, 0.1) is 13.2 Å². The smallest absolute Gasteiger partial charge is 0.146 e. The molecule has 104 valence electrons. The highest BCUT2D eigenvalue weighted by Crippen LogP contribution is 2.25. The maximum Gasteiger partial charge on any atom is 0.146 e. The number of aromatic nitrogens is 3. The molecule has 0 aliphatic carbocycles. The first-order chi connectivity index (χ1) is 8.78. The van der Waals surface area contributed by atoms with Crippen molar-refractivity contribution in [2.45, 2.75) is 58.5 Å². The first kappa shape index (κ1) is 15.1. The van der Waals surface area contributed by atoms with Gasteiger partial charge in [0, 0.05) is 19.6 Å². The number of hydrogen-bond donors (Lipinski definition) is 1. The number of hydrogen-bond acceptors (Lipinski definition) is 4. The van der Waals surface area contributed by atoms with Gasteiger partial charge in [0.1, 0.15) is 11.6 Å². The fourth-order valence-corrected chi connectivity index (χ4v) is 2.33. The van der Waals surface area contributed by atoms with E-state index in [-0.39, 0.29) is 0 Å². The number of nitrogens with two attached hydrogens (primary N) is 1. The molecule has 18 heavy (non-hydrogen) atoms. The van der Waals surface area contributed by atoms with Gasteiger partial charge >= 0.3 is 0 Å². The van der Waals surface area contributed by atoms with Crippen LogP contribution < -0.4 is 5.73 Å². The molecule has 5 nitrogen and oxygen atoms in total. The fraction of sp³-hybridized carbons (Fsp3) is 0.846. The first-order valence-electron chi connectivity index (χ1n) is 6.89. The zero-order valence-electron chi connectivity index (χ0n) is 11.9. The van der Waals surface area contributed by atoms with Crippen molar-refractivity contribution in [1.82, 2.24) is 14.8 Å². The van der Waals surface area contributed by atoms with Crippen LogP contribution in [0.1, 0.15) is 57.1 Å². The van der Waals surface area contributed by atoms with Crippen molar-refractivity contribution >= 4 is 0 Å². The average molecular weight is 254 g/mol. The monoisotopic (exact) mass is 254 g/mol. The van der Waals surface area contributed by atoms with E-state index in [0.29, 0.717) is 19.1 Å². The molecule has 0 bridgehead atoms. The van der Waals surface area contributed by atoms with Crippen LogP contribution in [0.3, 0.4) is 0 Å². The highest BCUT2D eigenvalue weighted by molar-refractivity contribution is 5.02. The number of rotatable bonds is 9. The van der Waals surface area contributed by atoms with Crippen molar-refractivity contribution in [2.75, 3.05) is 13.7 Å². The molecule has 0 atom stereocenters. The van der Waals surface area contributed by atoms with Crippen LogP contribution in [0.15, 0.2) is 0 Å². The second-order valence-corrected chi connectivity index (χ2v) is 4.60. The Labute approximate surface area is 110 Å². The molecule has 0 radical (unpaired) electrons. The lowest BCUT2D eigenvalue weighted by Crippen LogP contribution is -2.16. The summed E-state index contributed by atoms with van der Waals surface area (Å²) in [5.74, 6) is 2.43. The second-order valence-electron chi connectivity index (χ2n) is 4.60. The Bertz CT molecular complexity index is 332. The lowest BCUT2D eigenvalue weighted by molar-refractivity contribution is 0.184. The standard InChI is InChI=1S/C13H26N4O/c1-4-6-11(7-5-2)13-16-15-12(10-14)17(13)8-9-18-3/h11H,4-10,14H2,1-3H3. The summed E-state index contributed by atoms with van der Waals surface area (Å²) in [6.45, 7) is 6.31. The van der Waals surface area contributed by atoms with Gasteiger partial charge < -0.3 is 15.0 Å². The van der Waals surface area contributed by atoms with Gasteiger partial charge in [-0.1, -0.05) is 26.7 Å². The van der Waals surface area contributed by atoms with E-state index in [1.807, 2.05) is 0 Å². The number of nitrogens with zero attached hydrogens (tertiary/aromatic N) is 3. The summed E-state index contributed by atoms with van der Waals surface area (Å²) < 4.78 is 7.29. The third kappa shape index (κ3) is 3.78. The molecule has 5 heteroatoms. The lowest BCUT2D eigenvalue weighted by Gasteiger charge is -2.17. The summed E-state index contributed by atoms with van der Waals surface area (Å²) in [6, 6.07) is 0. The highest BCUT2D eigenvalue weighted by atomic mass is 16.5. The van der Waals surface area contributed by atoms with Crippen LogP contribution >= 0.6 is 0 Å². The predicted molar refractivity (Wildman–Crippen MR) is 72.3 cm³/mol. The molecule has 2 N–H and O–H groups in total. The van der Waals surface area contributed by atoms with E-state index in [1.165, 1.54) is 12.8 Å². The van der Waals surface area contributed by atoms with Crippen molar-refractivity contribution in [2.24, 2.45) is 5.73 Å². The Hall–Kier alpha value is -0.940. The highest BCUT2D eigenvalue weighted by Gasteiger charge is 2.19. The van der Waals surface area contributed by atoms with Crippen LogP contribution in [0.5, 0.6) is 0 Å². The van der Waals surface area contributed by atoms with E-state index < -0.39 is 0 Å². The normalized spacial score (nSPS) is 11.4. The van der Waals surface area contributed by atoms with Crippen molar-refractivity contribution in [1.29, 1.82) is 0 Å². The molecule has 1 rings (SSSR count). The summed E-state index contributed by atoms with van der Waals surface area (Å²) in [7, 11) is 1.71. The molecular formula is C13H26N4O. The summed E-state index contributed by atoms with van der Waals surface area (Å²) in [6.07, 6.45) is 4.65. The summed E-state index contributed by atoms with van der Waals surface area (Å²) in [5, 5.41) is 8.56. The minimum Gasteiger partial charge on any atom is -0.383 e. The third-order valence-corrected chi connectivity index (χ3v) is 3.20. The zero-order valence-corrected chi connectivity index (χ0v) is 11.9. The maximum atomic E-state index is 5.72. The minimum absolute atomic E-state index is 0.432. The number of ether oxygens (including phenoxy) is 1. The summed E-state index contributed by atoms with van der Waals surface area (Å²) >= 11 is 0. The van der Waals surface area contributed by atoms with Gasteiger partial charge in [-0.3, -0.25) is 0 Å². The Morgan fingerprint density at radius 3 is 2.39 bits per heavy atom. The van der Waals surface area contributed by atoms with Gasteiger partial charge in [0.2, 0.25) is 0 Å². The van der Waals surface area contributed by atoms with Gasteiger partial charge in [0.25, 0.3) is 0 Å². The lowest BCUT2D eigenvalue weighted by atomic mass is 9.97. The molecule has 1 aromatic rings. The quantitative estimate of drug-likeness (QED) is 0.732. The molecule has 1 heterocycles. The minimum atomic E-state index is 0.432. The van der Waals surface area contributed by atoms with Crippen molar-refractivity contribution in [3.8, 4) is 0 Å². The predicted octanol–water partition coefficient (Wildman–Crippen LogP) is 2.07. The number of methoxy groups -OCH3 is 1. The van der Waals surface area contributed by atoms with Crippen LogP contribution in [0.25, 0.3) is 0 Å². The Kier molecular flexibility index (Phi) is 6.90. The molecule has 0 saturated heterocycles. The van der Waals surface area contributed by atoms with Gasteiger partial charge in [0.15, 0.2) is 0 Å². The van der Waals surface area contributed by atoms with E-state index >= 15 is 0 Å². The zero-order chi connectivity index (χ0) is 13.4. The Morgan fingerprint density at radius 1 is 1.22 bits per heavy atom. The van der Waals surface area contributed by atoms with E-state index in [2.05, 4.69) is 28.6 Å². The van der Waals surface area contributed by atoms with Crippen LogP contribution in [0.2, 0.25) is 0 Å². The van der Waals surface area contributed by atoms with E-state index in [9.17, 15) is 0 Å². The largest absolute Gasteiger partial charge is 0.383 e. The molecule has 0 aromatic carbocycles. The molecular weight excluding hydrogens is 228 g/mol. The van der Waals surface area contributed by atoms with Crippen molar-refractivity contribution in [3.63, 3.8) is 0 Å². The van der Waals surface area contributed by atoms with E-state index in [1.54, 1.807) is 7.11 Å². The van der Waals surface area contributed by atoms with Crippen LogP contribution in [0, 0.1) is 0 Å². The van der Waals surface area contributed by atoms with Gasteiger partial charge in [-0.2, -0.15) is 0 Å². The summed E-state index contributed by atoms with van der Waals surface area (Å²) in [5.41, 5.74) is 5.72. The van der Waals surface area contributed by atoms with Crippen molar-refractivity contribution in [3.05, 3.63) is 11.6 Å². The molecule has 0 saturated carbocycles. The summed E-state index contributed by atoms with van der Waals surface area (Å²) in [4.78, 5) is 0. The Balaban J connectivity index is 2.92. The molecule has 0 fully saturated rings. The van der Waals surface area contributed by atoms with Gasteiger partial charge in [-0.05, 0) is 12.8 Å². The molecule has 0 unspecified atom stereocenters. The van der Waals surface area contributed by atoms with Crippen molar-refractivity contribution < 1.29 is 4.74 Å². The average Bonchev–Trinajstić information content (AvgIpc) is 2.78. The van der Waals surface area contributed by atoms with E-state index in [4.69, 9.17) is 10.5 Å². The second kappa shape index (κ2) is 8.21.